The molecule has 0 bridgehead atoms. The number of fused-ring (bicyclic) bond motifs is 1. The topological polar surface area (TPSA) is 65.5 Å². The maximum Gasteiger partial charge on any atom is 0.315 e. The lowest BCUT2D eigenvalue weighted by Crippen LogP contribution is -2.36. The third-order valence-electron chi connectivity index (χ3n) is 5.75. The number of benzene rings is 1. The molecule has 3 rings (SSSR count). The fourth-order valence-corrected chi connectivity index (χ4v) is 4.81. The van der Waals surface area contributed by atoms with Crippen molar-refractivity contribution < 1.29 is 19.1 Å². The highest BCUT2D eigenvalue weighted by Gasteiger charge is 2.43. The quantitative estimate of drug-likeness (QED) is 0.413. The van der Waals surface area contributed by atoms with E-state index in [4.69, 9.17) is 9.47 Å². The van der Waals surface area contributed by atoms with Crippen LogP contribution < -0.4 is 4.74 Å². The minimum absolute atomic E-state index is 0.0629. The number of ketones is 1. The van der Waals surface area contributed by atoms with Gasteiger partial charge in [0, 0.05) is 11.5 Å². The Morgan fingerprint density at radius 1 is 1.18 bits per heavy atom. The van der Waals surface area contributed by atoms with Crippen LogP contribution in [0.5, 0.6) is 5.19 Å². The van der Waals surface area contributed by atoms with E-state index in [1.165, 1.54) is 11.3 Å². The standard InChI is InChI=1S/C22H29NO4S/c1-4-15(5-2)19(24)16-9-10-17-18(13-16)28-21(23-17)27-14-22(11-7-8-12-22)20(25)26-6-3/h9-10,13,15H,4-8,11-12,14H2,1-3H3. The Morgan fingerprint density at radius 3 is 2.54 bits per heavy atom. The van der Waals surface area contributed by atoms with Gasteiger partial charge in [0.1, 0.15) is 12.0 Å². The number of aromatic nitrogens is 1. The van der Waals surface area contributed by atoms with Crippen LogP contribution in [0.1, 0.15) is 69.7 Å². The molecule has 1 heterocycles. The number of carbonyl (C=O) groups is 2. The lowest BCUT2D eigenvalue weighted by molar-refractivity contribution is -0.157. The van der Waals surface area contributed by atoms with E-state index in [-0.39, 0.29) is 17.7 Å². The fraction of sp³-hybridized carbons (Fsp3) is 0.591. The molecule has 1 aliphatic rings. The molecule has 0 radical (unpaired) electrons. The number of Topliss-reactive ketones (excluding diaryl/α,β-unsaturated/α-hetero) is 1. The van der Waals surface area contributed by atoms with Crippen molar-refractivity contribution in [3.8, 4) is 5.19 Å². The molecule has 2 aromatic rings. The molecule has 0 amide bonds. The van der Waals surface area contributed by atoms with Crippen LogP contribution in [0.15, 0.2) is 18.2 Å². The highest BCUT2D eigenvalue weighted by molar-refractivity contribution is 7.20. The first kappa shape index (κ1) is 20.8. The van der Waals surface area contributed by atoms with Gasteiger partial charge in [0.15, 0.2) is 5.78 Å². The number of rotatable bonds is 9. The first-order valence-electron chi connectivity index (χ1n) is 10.3. The minimum Gasteiger partial charge on any atom is -0.469 e. The Kier molecular flexibility index (Phi) is 6.70. The predicted molar refractivity (Wildman–Crippen MR) is 111 cm³/mol. The molecule has 1 aromatic heterocycles. The van der Waals surface area contributed by atoms with E-state index in [0.717, 1.165) is 54.3 Å². The van der Waals surface area contributed by atoms with Crippen LogP contribution in [-0.4, -0.2) is 30.0 Å². The zero-order chi connectivity index (χ0) is 20.1. The van der Waals surface area contributed by atoms with E-state index >= 15 is 0 Å². The van der Waals surface area contributed by atoms with E-state index in [2.05, 4.69) is 4.98 Å². The van der Waals surface area contributed by atoms with Crippen molar-refractivity contribution in [2.75, 3.05) is 13.2 Å². The maximum atomic E-state index is 12.6. The lowest BCUT2D eigenvalue weighted by atomic mass is 9.87. The summed E-state index contributed by atoms with van der Waals surface area (Å²) in [4.78, 5) is 29.6. The van der Waals surface area contributed by atoms with Crippen molar-refractivity contribution in [2.45, 2.75) is 59.3 Å². The molecule has 0 saturated heterocycles. The molecule has 0 aliphatic heterocycles. The first-order valence-corrected chi connectivity index (χ1v) is 11.1. The summed E-state index contributed by atoms with van der Waals surface area (Å²) < 4.78 is 12.2. The van der Waals surface area contributed by atoms with Gasteiger partial charge >= 0.3 is 5.97 Å². The normalized spacial score (nSPS) is 15.9. The van der Waals surface area contributed by atoms with Crippen LogP contribution in [0.4, 0.5) is 0 Å². The van der Waals surface area contributed by atoms with E-state index in [1.54, 1.807) is 0 Å². The second-order valence-electron chi connectivity index (χ2n) is 7.54. The average Bonchev–Trinajstić information content (AvgIpc) is 3.34. The summed E-state index contributed by atoms with van der Waals surface area (Å²) in [5.74, 6) is 0.0922. The SMILES string of the molecule is CCOC(=O)C1(COc2nc3ccc(C(=O)C(CC)CC)cc3s2)CCCC1. The van der Waals surface area contributed by atoms with Crippen molar-refractivity contribution in [1.29, 1.82) is 0 Å². The first-order chi connectivity index (χ1) is 13.5. The summed E-state index contributed by atoms with van der Waals surface area (Å²) in [6.45, 7) is 6.60. The molecule has 152 valence electrons. The molecule has 0 N–H and O–H groups in total. The number of nitrogens with zero attached hydrogens (tertiary/aromatic N) is 1. The third kappa shape index (κ3) is 4.22. The van der Waals surface area contributed by atoms with Crippen molar-refractivity contribution in [2.24, 2.45) is 11.3 Å². The Morgan fingerprint density at radius 2 is 1.89 bits per heavy atom. The van der Waals surface area contributed by atoms with Gasteiger partial charge in [-0.25, -0.2) is 4.98 Å². The van der Waals surface area contributed by atoms with E-state index < -0.39 is 5.41 Å². The van der Waals surface area contributed by atoms with Crippen LogP contribution in [-0.2, 0) is 9.53 Å². The van der Waals surface area contributed by atoms with Crippen LogP contribution in [0, 0.1) is 11.3 Å². The molecule has 1 aromatic carbocycles. The fourth-order valence-electron chi connectivity index (χ4n) is 3.96. The van der Waals surface area contributed by atoms with Gasteiger partial charge < -0.3 is 9.47 Å². The largest absolute Gasteiger partial charge is 0.469 e. The summed E-state index contributed by atoms with van der Waals surface area (Å²) in [6.07, 6.45) is 5.32. The second-order valence-corrected chi connectivity index (χ2v) is 8.53. The zero-order valence-corrected chi connectivity index (χ0v) is 17.8. The van der Waals surface area contributed by atoms with Crippen LogP contribution in [0.3, 0.4) is 0 Å². The Hall–Kier alpha value is -1.95. The van der Waals surface area contributed by atoms with Crippen LogP contribution in [0.2, 0.25) is 0 Å². The molecule has 0 spiro atoms. The molecule has 0 unspecified atom stereocenters. The van der Waals surface area contributed by atoms with Gasteiger partial charge in [-0.15, -0.1) is 0 Å². The van der Waals surface area contributed by atoms with Gasteiger partial charge in [-0.1, -0.05) is 38.0 Å². The van der Waals surface area contributed by atoms with Crippen molar-refractivity contribution in [1.82, 2.24) is 4.98 Å². The molecule has 6 heteroatoms. The highest BCUT2D eigenvalue weighted by Crippen LogP contribution is 2.40. The molecule has 5 nitrogen and oxygen atoms in total. The van der Waals surface area contributed by atoms with Crippen molar-refractivity contribution in [3.05, 3.63) is 23.8 Å². The van der Waals surface area contributed by atoms with E-state index in [1.807, 2.05) is 39.0 Å². The van der Waals surface area contributed by atoms with Gasteiger partial charge in [0.05, 0.1) is 16.8 Å². The highest BCUT2D eigenvalue weighted by atomic mass is 32.1. The predicted octanol–water partition coefficient (Wildman–Crippen LogP) is 5.42. The lowest BCUT2D eigenvalue weighted by Gasteiger charge is -2.25. The molecule has 28 heavy (non-hydrogen) atoms. The number of esters is 1. The Bertz CT molecular complexity index is 834. The van der Waals surface area contributed by atoms with Gasteiger partial charge in [0.25, 0.3) is 5.19 Å². The summed E-state index contributed by atoms with van der Waals surface area (Å²) >= 11 is 1.43. The Labute approximate surface area is 170 Å². The summed E-state index contributed by atoms with van der Waals surface area (Å²) in [7, 11) is 0. The minimum atomic E-state index is -0.551. The summed E-state index contributed by atoms with van der Waals surface area (Å²) in [5, 5.41) is 0.540. The summed E-state index contributed by atoms with van der Waals surface area (Å²) in [6, 6.07) is 5.64. The Balaban J connectivity index is 1.75. The maximum absolute atomic E-state index is 12.6. The van der Waals surface area contributed by atoms with E-state index in [0.29, 0.717) is 18.4 Å². The van der Waals surface area contributed by atoms with Crippen LogP contribution in [0.25, 0.3) is 10.2 Å². The smallest absolute Gasteiger partial charge is 0.315 e. The molecule has 0 atom stereocenters. The molecular weight excluding hydrogens is 374 g/mol. The van der Waals surface area contributed by atoms with E-state index in [9.17, 15) is 9.59 Å². The number of hydrogen-bond acceptors (Lipinski definition) is 6. The molecule has 1 saturated carbocycles. The average molecular weight is 404 g/mol. The third-order valence-corrected chi connectivity index (χ3v) is 6.68. The second kappa shape index (κ2) is 9.03. The van der Waals surface area contributed by atoms with Crippen LogP contribution >= 0.6 is 11.3 Å². The summed E-state index contributed by atoms with van der Waals surface area (Å²) in [5.41, 5.74) is 0.998. The van der Waals surface area contributed by atoms with Crippen molar-refractivity contribution in [3.63, 3.8) is 0 Å². The van der Waals surface area contributed by atoms with Gasteiger partial charge in [0.2, 0.25) is 0 Å². The number of carbonyl (C=O) groups excluding carboxylic acids is 2. The molecular formula is C22H29NO4S. The number of hydrogen-bond donors (Lipinski definition) is 0. The molecule has 1 aliphatic carbocycles. The monoisotopic (exact) mass is 403 g/mol. The number of thiazole rings is 1. The number of ether oxygens (including phenoxy) is 2. The van der Waals surface area contributed by atoms with Gasteiger partial charge in [-0.05, 0) is 50.8 Å². The van der Waals surface area contributed by atoms with Gasteiger partial charge in [-0.2, -0.15) is 0 Å². The van der Waals surface area contributed by atoms with Gasteiger partial charge in [-0.3, -0.25) is 9.59 Å². The molecule has 1 fully saturated rings. The zero-order valence-electron chi connectivity index (χ0n) is 17.0. The van der Waals surface area contributed by atoms with Crippen molar-refractivity contribution >= 4 is 33.3 Å².